The Bertz CT molecular complexity index is 926. The van der Waals surface area contributed by atoms with Crippen LogP contribution in [0.4, 0.5) is 0 Å². The van der Waals surface area contributed by atoms with Gasteiger partial charge in [-0.3, -0.25) is 14.6 Å². The van der Waals surface area contributed by atoms with E-state index in [1.807, 2.05) is 49.8 Å². The Balaban J connectivity index is 1.73. The zero-order chi connectivity index (χ0) is 18.7. The first-order valence-electron chi connectivity index (χ1n) is 8.41. The molecule has 0 spiro atoms. The Kier molecular flexibility index (Phi) is 5.18. The first-order valence-corrected chi connectivity index (χ1v) is 8.41. The van der Waals surface area contributed by atoms with Crippen LogP contribution in [0.5, 0.6) is 0 Å². The molecule has 1 amide bonds. The van der Waals surface area contributed by atoms with Crippen molar-refractivity contribution < 1.29 is 9.53 Å². The number of hydrogen-bond acceptors (Lipinski definition) is 4. The highest BCUT2D eigenvalue weighted by Gasteiger charge is 2.17. The molecule has 0 unspecified atom stereocenters. The van der Waals surface area contributed by atoms with Crippen molar-refractivity contribution in [1.29, 1.82) is 0 Å². The second-order valence-electron chi connectivity index (χ2n) is 6.22. The highest BCUT2D eigenvalue weighted by molar-refractivity contribution is 5.93. The van der Waals surface area contributed by atoms with Crippen molar-refractivity contribution >= 4 is 5.91 Å². The molecule has 0 aliphatic rings. The van der Waals surface area contributed by atoms with Crippen LogP contribution in [0.1, 0.15) is 33.0 Å². The molecule has 0 radical (unpaired) electrons. The molecule has 7 nitrogen and oxygen atoms in total. The smallest absolute Gasteiger partial charge is 0.269 e. The topological polar surface area (TPSA) is 84.8 Å². The third kappa shape index (κ3) is 3.52. The van der Waals surface area contributed by atoms with Gasteiger partial charge in [0, 0.05) is 32.0 Å². The number of aromatic amines is 1. The number of amides is 1. The van der Waals surface area contributed by atoms with Gasteiger partial charge in [-0.1, -0.05) is 24.3 Å². The number of aryl methyl sites for hydroxylation is 2. The minimum absolute atomic E-state index is 0.199. The Hall–Kier alpha value is -2.93. The SMILES string of the molecule is COCc1ccccc1CNC(=O)c1cc(-c2c(C)nn(C)c2C)n[nH]1. The molecule has 26 heavy (non-hydrogen) atoms. The van der Waals surface area contributed by atoms with Crippen LogP contribution in [0.3, 0.4) is 0 Å². The standard InChI is InChI=1S/C19H23N5O2/c1-12-18(13(2)24(3)23-12)16-9-17(22-21-16)19(25)20-10-14-7-5-6-8-15(14)11-26-4/h5-9H,10-11H2,1-4H3,(H,20,25)(H,21,22). The van der Waals surface area contributed by atoms with E-state index in [-0.39, 0.29) is 5.91 Å². The van der Waals surface area contributed by atoms with Crippen LogP contribution in [0.2, 0.25) is 0 Å². The molecule has 0 saturated carbocycles. The molecule has 1 aromatic carbocycles. The van der Waals surface area contributed by atoms with Gasteiger partial charge in [0.05, 0.1) is 18.0 Å². The van der Waals surface area contributed by atoms with Crippen LogP contribution >= 0.6 is 0 Å². The minimum Gasteiger partial charge on any atom is -0.380 e. The Morgan fingerprint density at radius 1 is 1.27 bits per heavy atom. The van der Waals surface area contributed by atoms with Gasteiger partial charge < -0.3 is 10.1 Å². The fourth-order valence-electron chi connectivity index (χ4n) is 3.01. The summed E-state index contributed by atoms with van der Waals surface area (Å²) in [6.07, 6.45) is 0. The zero-order valence-electron chi connectivity index (χ0n) is 15.5. The normalized spacial score (nSPS) is 10.9. The number of carbonyl (C=O) groups excluding carboxylic acids is 1. The highest BCUT2D eigenvalue weighted by atomic mass is 16.5. The van der Waals surface area contributed by atoms with E-state index in [9.17, 15) is 4.79 Å². The summed E-state index contributed by atoms with van der Waals surface area (Å²) in [5.41, 5.74) is 6.08. The average Bonchev–Trinajstić information content (AvgIpc) is 3.19. The third-order valence-corrected chi connectivity index (χ3v) is 4.45. The molecule has 0 bridgehead atoms. The van der Waals surface area contributed by atoms with Crippen molar-refractivity contribution in [3.05, 3.63) is 58.5 Å². The lowest BCUT2D eigenvalue weighted by Gasteiger charge is -2.09. The van der Waals surface area contributed by atoms with Gasteiger partial charge in [-0.2, -0.15) is 10.2 Å². The molecule has 2 N–H and O–H groups in total. The lowest BCUT2D eigenvalue weighted by molar-refractivity contribution is 0.0945. The van der Waals surface area contributed by atoms with Crippen molar-refractivity contribution in [1.82, 2.24) is 25.3 Å². The molecule has 3 aromatic rings. The largest absolute Gasteiger partial charge is 0.380 e. The number of carbonyl (C=O) groups is 1. The van der Waals surface area contributed by atoms with E-state index >= 15 is 0 Å². The molecule has 2 heterocycles. The second kappa shape index (κ2) is 7.53. The second-order valence-corrected chi connectivity index (χ2v) is 6.22. The van der Waals surface area contributed by atoms with Crippen molar-refractivity contribution in [3.8, 4) is 11.3 Å². The van der Waals surface area contributed by atoms with E-state index in [1.54, 1.807) is 13.2 Å². The van der Waals surface area contributed by atoms with Gasteiger partial charge in [0.15, 0.2) is 0 Å². The molecule has 0 saturated heterocycles. The van der Waals surface area contributed by atoms with Crippen molar-refractivity contribution in [2.24, 2.45) is 7.05 Å². The van der Waals surface area contributed by atoms with Gasteiger partial charge in [0.1, 0.15) is 5.69 Å². The molecular formula is C19H23N5O2. The Morgan fingerprint density at radius 3 is 2.65 bits per heavy atom. The van der Waals surface area contributed by atoms with Gasteiger partial charge in [-0.15, -0.1) is 0 Å². The van der Waals surface area contributed by atoms with Gasteiger partial charge in [0.2, 0.25) is 0 Å². The predicted octanol–water partition coefficient (Wildman–Crippen LogP) is 2.50. The summed E-state index contributed by atoms with van der Waals surface area (Å²) in [6, 6.07) is 9.64. The maximum absolute atomic E-state index is 12.5. The van der Waals surface area contributed by atoms with Crippen LogP contribution in [0, 0.1) is 13.8 Å². The third-order valence-electron chi connectivity index (χ3n) is 4.45. The molecule has 0 aliphatic carbocycles. The predicted molar refractivity (Wildman–Crippen MR) is 98.6 cm³/mol. The Morgan fingerprint density at radius 2 is 2.00 bits per heavy atom. The maximum atomic E-state index is 12.5. The molecule has 2 aromatic heterocycles. The van der Waals surface area contributed by atoms with Crippen molar-refractivity contribution in [2.75, 3.05) is 7.11 Å². The minimum atomic E-state index is -0.199. The lowest BCUT2D eigenvalue weighted by Crippen LogP contribution is -2.23. The number of ether oxygens (including phenoxy) is 1. The zero-order valence-corrected chi connectivity index (χ0v) is 15.5. The van der Waals surface area contributed by atoms with Crippen LogP contribution < -0.4 is 5.32 Å². The maximum Gasteiger partial charge on any atom is 0.269 e. The van der Waals surface area contributed by atoms with E-state index < -0.39 is 0 Å². The average molecular weight is 353 g/mol. The van der Waals surface area contributed by atoms with E-state index in [0.29, 0.717) is 18.8 Å². The van der Waals surface area contributed by atoms with Crippen LogP contribution in [-0.2, 0) is 24.9 Å². The van der Waals surface area contributed by atoms with Gasteiger partial charge in [-0.05, 0) is 31.0 Å². The number of nitrogens with one attached hydrogen (secondary N) is 2. The molecular weight excluding hydrogens is 330 g/mol. The molecule has 136 valence electrons. The monoisotopic (exact) mass is 353 g/mol. The number of hydrogen-bond donors (Lipinski definition) is 2. The van der Waals surface area contributed by atoms with Crippen LogP contribution in [0.15, 0.2) is 30.3 Å². The molecule has 0 aliphatic heterocycles. The summed E-state index contributed by atoms with van der Waals surface area (Å²) in [6.45, 7) is 4.86. The summed E-state index contributed by atoms with van der Waals surface area (Å²) in [7, 11) is 3.55. The molecule has 7 heteroatoms. The lowest BCUT2D eigenvalue weighted by atomic mass is 10.1. The van der Waals surface area contributed by atoms with E-state index in [0.717, 1.165) is 33.8 Å². The summed E-state index contributed by atoms with van der Waals surface area (Å²) >= 11 is 0. The number of nitrogens with zero attached hydrogens (tertiary/aromatic N) is 3. The summed E-state index contributed by atoms with van der Waals surface area (Å²) in [5.74, 6) is -0.199. The molecule has 3 rings (SSSR count). The summed E-state index contributed by atoms with van der Waals surface area (Å²) in [5, 5.41) is 14.4. The fourth-order valence-corrected chi connectivity index (χ4v) is 3.01. The number of methoxy groups -OCH3 is 1. The first kappa shape index (κ1) is 17.9. The van der Waals surface area contributed by atoms with Gasteiger partial charge in [-0.25, -0.2) is 0 Å². The molecule has 0 atom stereocenters. The number of rotatable bonds is 6. The number of H-pyrrole nitrogens is 1. The number of benzene rings is 1. The van der Waals surface area contributed by atoms with E-state index in [4.69, 9.17) is 4.74 Å². The highest BCUT2D eigenvalue weighted by Crippen LogP contribution is 2.25. The van der Waals surface area contributed by atoms with Crippen molar-refractivity contribution in [2.45, 2.75) is 27.0 Å². The van der Waals surface area contributed by atoms with Crippen LogP contribution in [0.25, 0.3) is 11.3 Å². The molecule has 0 fully saturated rings. The number of aromatic nitrogens is 4. The Labute approximate surface area is 152 Å². The van der Waals surface area contributed by atoms with Gasteiger partial charge in [0.25, 0.3) is 5.91 Å². The fraction of sp³-hybridized carbons (Fsp3) is 0.316. The van der Waals surface area contributed by atoms with Gasteiger partial charge >= 0.3 is 0 Å². The van der Waals surface area contributed by atoms with Crippen molar-refractivity contribution in [3.63, 3.8) is 0 Å². The first-order chi connectivity index (χ1) is 12.5. The van der Waals surface area contributed by atoms with E-state index in [2.05, 4.69) is 20.6 Å². The summed E-state index contributed by atoms with van der Waals surface area (Å²) < 4.78 is 7.01. The van der Waals surface area contributed by atoms with E-state index in [1.165, 1.54) is 0 Å². The van der Waals surface area contributed by atoms with Crippen LogP contribution in [-0.4, -0.2) is 33.0 Å². The summed E-state index contributed by atoms with van der Waals surface area (Å²) in [4.78, 5) is 12.5. The quantitative estimate of drug-likeness (QED) is 0.713.